The normalized spacial score (nSPS) is 26.8. The number of hydrogen-bond donors (Lipinski definition) is 2. The van der Waals surface area contributed by atoms with Crippen LogP contribution in [0.25, 0.3) is 0 Å². The Balaban J connectivity index is 2.06. The maximum Gasteiger partial charge on any atom is 0.240 e. The summed E-state index contributed by atoms with van der Waals surface area (Å²) < 4.78 is 27.5. The molecule has 0 aromatic heterocycles. The molecule has 4 nitrogen and oxygen atoms in total. The third-order valence-electron chi connectivity index (χ3n) is 4.00. The first kappa shape index (κ1) is 17.2. The minimum Gasteiger partial charge on any atom is -0.389 e. The zero-order valence-electron chi connectivity index (χ0n) is 11.8. The van der Waals surface area contributed by atoms with E-state index in [1.165, 1.54) is 18.2 Å². The molecule has 0 unspecified atom stereocenters. The molecule has 0 aliphatic heterocycles. The first-order valence-corrected chi connectivity index (χ1v) is 9.54. The highest BCUT2D eigenvalue weighted by molar-refractivity contribution is 9.10. The van der Waals surface area contributed by atoms with E-state index in [1.807, 2.05) is 0 Å². The summed E-state index contributed by atoms with van der Waals surface area (Å²) in [4.78, 5) is 0.131. The lowest BCUT2D eigenvalue weighted by atomic mass is 9.80. The highest BCUT2D eigenvalue weighted by atomic mass is 79.9. The van der Waals surface area contributed by atoms with Crippen molar-refractivity contribution in [3.63, 3.8) is 0 Å². The fourth-order valence-electron chi connectivity index (χ4n) is 2.43. The van der Waals surface area contributed by atoms with Gasteiger partial charge in [0.05, 0.1) is 15.5 Å². The third kappa shape index (κ3) is 4.42. The number of nitrogens with one attached hydrogen (secondary N) is 1. The van der Waals surface area contributed by atoms with Gasteiger partial charge in [-0.3, -0.25) is 0 Å². The van der Waals surface area contributed by atoms with Gasteiger partial charge >= 0.3 is 0 Å². The van der Waals surface area contributed by atoms with Crippen molar-refractivity contribution in [2.75, 3.05) is 6.54 Å². The van der Waals surface area contributed by atoms with E-state index in [0.29, 0.717) is 28.3 Å². The van der Waals surface area contributed by atoms with Gasteiger partial charge in [-0.05, 0) is 65.7 Å². The van der Waals surface area contributed by atoms with Gasteiger partial charge in [-0.1, -0.05) is 18.5 Å². The van der Waals surface area contributed by atoms with Crippen LogP contribution in [-0.2, 0) is 10.0 Å². The number of sulfonamides is 1. The molecule has 1 aromatic rings. The zero-order chi connectivity index (χ0) is 15.7. The summed E-state index contributed by atoms with van der Waals surface area (Å²) in [7, 11) is -3.65. The molecule has 1 saturated carbocycles. The molecule has 1 aliphatic rings. The quantitative estimate of drug-likeness (QED) is 0.820. The lowest BCUT2D eigenvalue weighted by Crippen LogP contribution is -2.45. The van der Waals surface area contributed by atoms with E-state index in [9.17, 15) is 13.5 Å². The monoisotopic (exact) mass is 395 g/mol. The molecule has 1 aliphatic carbocycles. The van der Waals surface area contributed by atoms with Crippen molar-refractivity contribution in [2.24, 2.45) is 5.92 Å². The van der Waals surface area contributed by atoms with Crippen LogP contribution in [0.3, 0.4) is 0 Å². The lowest BCUT2D eigenvalue weighted by Gasteiger charge is -2.34. The van der Waals surface area contributed by atoms with Gasteiger partial charge < -0.3 is 5.11 Å². The molecule has 0 radical (unpaired) electrons. The average molecular weight is 397 g/mol. The number of hydrogen-bond acceptors (Lipinski definition) is 3. The van der Waals surface area contributed by atoms with Crippen LogP contribution in [0.5, 0.6) is 0 Å². The summed E-state index contributed by atoms with van der Waals surface area (Å²) in [5.74, 6) is 0.592. The molecule has 1 aromatic carbocycles. The van der Waals surface area contributed by atoms with Crippen LogP contribution < -0.4 is 4.72 Å². The fourth-order valence-corrected chi connectivity index (χ4v) is 4.23. The predicted octanol–water partition coefficient (Wildman–Crippen LogP) is 3.32. The van der Waals surface area contributed by atoms with Gasteiger partial charge in [0.1, 0.15) is 0 Å². The van der Waals surface area contributed by atoms with E-state index in [2.05, 4.69) is 27.6 Å². The van der Waals surface area contributed by atoms with Gasteiger partial charge in [-0.15, -0.1) is 0 Å². The Morgan fingerprint density at radius 1 is 1.43 bits per heavy atom. The molecule has 1 fully saturated rings. The number of aliphatic hydroxyl groups is 1. The molecular weight excluding hydrogens is 378 g/mol. The molecular formula is C14H19BrClNO3S. The second-order valence-corrected chi connectivity index (χ2v) is 8.84. The van der Waals surface area contributed by atoms with Gasteiger partial charge in [0, 0.05) is 11.0 Å². The molecule has 0 spiro atoms. The van der Waals surface area contributed by atoms with Crippen LogP contribution >= 0.6 is 27.5 Å². The summed E-state index contributed by atoms with van der Waals surface area (Å²) in [6.45, 7) is 2.19. The van der Waals surface area contributed by atoms with E-state index < -0.39 is 15.6 Å². The van der Waals surface area contributed by atoms with Gasteiger partial charge in [0.2, 0.25) is 10.0 Å². The largest absolute Gasteiger partial charge is 0.389 e. The van der Waals surface area contributed by atoms with Crippen molar-refractivity contribution in [3.05, 3.63) is 27.7 Å². The second kappa shape index (κ2) is 6.54. The van der Waals surface area contributed by atoms with E-state index in [-0.39, 0.29) is 11.4 Å². The van der Waals surface area contributed by atoms with Crippen molar-refractivity contribution >= 4 is 37.6 Å². The van der Waals surface area contributed by atoms with Gasteiger partial charge in [0.25, 0.3) is 0 Å². The van der Waals surface area contributed by atoms with E-state index in [0.717, 1.165) is 12.8 Å². The number of benzene rings is 1. The van der Waals surface area contributed by atoms with Gasteiger partial charge in [-0.2, -0.15) is 0 Å². The molecule has 118 valence electrons. The maximum atomic E-state index is 12.3. The molecule has 2 rings (SSSR count). The van der Waals surface area contributed by atoms with Crippen LogP contribution in [0.4, 0.5) is 0 Å². The molecule has 2 N–H and O–H groups in total. The first-order valence-electron chi connectivity index (χ1n) is 6.89. The topological polar surface area (TPSA) is 66.4 Å². The Hall–Kier alpha value is -0.140. The number of rotatable bonds is 4. The van der Waals surface area contributed by atoms with Crippen molar-refractivity contribution in [1.29, 1.82) is 0 Å². The summed E-state index contributed by atoms with van der Waals surface area (Å²) in [5.41, 5.74) is -0.941. The molecule has 0 bridgehead atoms. The van der Waals surface area contributed by atoms with Crippen LogP contribution in [0, 0.1) is 5.92 Å². The maximum absolute atomic E-state index is 12.3. The first-order chi connectivity index (χ1) is 9.72. The van der Waals surface area contributed by atoms with Crippen molar-refractivity contribution in [3.8, 4) is 0 Å². The highest BCUT2D eigenvalue weighted by Crippen LogP contribution is 2.32. The fraction of sp³-hybridized carbons (Fsp3) is 0.571. The third-order valence-corrected chi connectivity index (χ3v) is 6.61. The van der Waals surface area contributed by atoms with Crippen LogP contribution in [0.15, 0.2) is 27.6 Å². The SMILES string of the molecule is CC1CCC(O)(CNS(=O)(=O)c2ccc(Cl)c(Br)c2)CC1. The smallest absolute Gasteiger partial charge is 0.240 e. The van der Waals surface area contributed by atoms with Gasteiger partial charge in [0.15, 0.2) is 0 Å². The molecule has 0 saturated heterocycles. The Morgan fingerprint density at radius 3 is 2.62 bits per heavy atom. The van der Waals surface area contributed by atoms with E-state index in [1.54, 1.807) is 0 Å². The van der Waals surface area contributed by atoms with E-state index in [4.69, 9.17) is 11.6 Å². The Bertz CT molecular complexity index is 613. The van der Waals surface area contributed by atoms with Crippen LogP contribution in [0.1, 0.15) is 32.6 Å². The second-order valence-electron chi connectivity index (χ2n) is 5.81. The van der Waals surface area contributed by atoms with Crippen LogP contribution in [0.2, 0.25) is 5.02 Å². The molecule has 0 atom stereocenters. The molecule has 21 heavy (non-hydrogen) atoms. The highest BCUT2D eigenvalue weighted by Gasteiger charge is 2.33. The lowest BCUT2D eigenvalue weighted by molar-refractivity contribution is -0.00182. The minimum absolute atomic E-state index is 0.0439. The van der Waals surface area contributed by atoms with Crippen molar-refractivity contribution in [2.45, 2.75) is 43.1 Å². The average Bonchev–Trinajstić information content (AvgIpc) is 2.43. The summed E-state index contributed by atoms with van der Waals surface area (Å²) in [6, 6.07) is 4.43. The van der Waals surface area contributed by atoms with Gasteiger partial charge in [-0.25, -0.2) is 13.1 Å². The molecule has 0 heterocycles. The molecule has 7 heteroatoms. The zero-order valence-corrected chi connectivity index (χ0v) is 14.9. The summed E-state index contributed by atoms with van der Waals surface area (Å²) >= 11 is 9.07. The Labute approximate surface area is 139 Å². The minimum atomic E-state index is -3.65. The predicted molar refractivity (Wildman–Crippen MR) is 86.9 cm³/mol. The van der Waals surface area contributed by atoms with E-state index >= 15 is 0 Å². The summed E-state index contributed by atoms with van der Waals surface area (Å²) in [5, 5.41) is 10.9. The Kier molecular flexibility index (Phi) is 5.36. The van der Waals surface area contributed by atoms with Crippen molar-refractivity contribution in [1.82, 2.24) is 4.72 Å². The number of halogens is 2. The Morgan fingerprint density at radius 2 is 2.05 bits per heavy atom. The summed E-state index contributed by atoms with van der Waals surface area (Å²) in [6.07, 6.45) is 3.09. The van der Waals surface area contributed by atoms with Crippen molar-refractivity contribution < 1.29 is 13.5 Å². The standard InChI is InChI=1S/C14H19BrClNO3S/c1-10-4-6-14(18,7-5-10)9-17-21(19,20)11-2-3-13(16)12(15)8-11/h2-3,8,10,17-18H,4-7,9H2,1H3. The van der Waals surface area contributed by atoms with Crippen LogP contribution in [-0.4, -0.2) is 25.7 Å². The molecule has 0 amide bonds.